The molecule has 3 unspecified atom stereocenters. The molecule has 0 radical (unpaired) electrons. The van der Waals surface area contributed by atoms with E-state index in [1.54, 1.807) is 0 Å². The van der Waals surface area contributed by atoms with E-state index in [9.17, 15) is 4.79 Å². The number of aliphatic hydroxyl groups excluding tert-OH is 1. The maximum atomic E-state index is 11.7. The van der Waals surface area contributed by atoms with Crippen LogP contribution < -0.4 is 17.2 Å². The van der Waals surface area contributed by atoms with E-state index in [2.05, 4.69) is 4.98 Å². The highest BCUT2D eigenvalue weighted by Gasteiger charge is 2.42. The Balaban J connectivity index is 2.32. The molecule has 0 spiro atoms. The van der Waals surface area contributed by atoms with Crippen LogP contribution in [0.1, 0.15) is 19.6 Å². The molecule has 5 N–H and O–H groups in total. The fourth-order valence-corrected chi connectivity index (χ4v) is 2.10. The number of rotatable bonds is 2. The lowest BCUT2D eigenvalue weighted by Crippen LogP contribution is -2.43. The summed E-state index contributed by atoms with van der Waals surface area (Å²) in [6, 6.07) is 1.52. The Morgan fingerprint density at radius 2 is 2.47 bits per heavy atom. The van der Waals surface area contributed by atoms with Gasteiger partial charge in [0, 0.05) is 12.1 Å². The van der Waals surface area contributed by atoms with Crippen LogP contribution in [0.4, 0.5) is 5.82 Å². The van der Waals surface area contributed by atoms with Crippen LogP contribution in [0.3, 0.4) is 0 Å². The smallest absolute Gasteiger partial charge is 0.351 e. The molecule has 1 saturated heterocycles. The van der Waals surface area contributed by atoms with Crippen LogP contribution in [0.2, 0.25) is 0 Å². The summed E-state index contributed by atoms with van der Waals surface area (Å²) in [5.74, 6) is 0.174. The molecule has 2 rings (SSSR count). The predicted molar refractivity (Wildman–Crippen MR) is 60.8 cm³/mol. The molecule has 1 fully saturated rings. The van der Waals surface area contributed by atoms with Gasteiger partial charge >= 0.3 is 5.69 Å². The minimum Gasteiger partial charge on any atom is -0.392 e. The highest BCUT2D eigenvalue weighted by Crippen LogP contribution is 2.36. The highest BCUT2D eigenvalue weighted by atomic mass is 16.6. The number of aliphatic hydroxyl groups is 1. The summed E-state index contributed by atoms with van der Waals surface area (Å²) in [7, 11) is 0. The SMILES string of the molecule is CC1CC(N)(CO)OC1n1ccc(N)nc1=O. The standard InChI is InChI=1S/C10H16N4O3/c1-6-4-10(12,5-15)17-8(6)14-3-2-7(11)13-9(14)16/h2-3,6,8,15H,4-5,12H2,1H3,(H2,11,13,16). The first-order valence-corrected chi connectivity index (χ1v) is 5.37. The number of nitrogens with zero attached hydrogens (tertiary/aromatic N) is 2. The summed E-state index contributed by atoms with van der Waals surface area (Å²) in [4.78, 5) is 15.3. The molecular formula is C10H16N4O3. The molecule has 0 bridgehead atoms. The van der Waals surface area contributed by atoms with Gasteiger partial charge in [0.25, 0.3) is 0 Å². The van der Waals surface area contributed by atoms with E-state index >= 15 is 0 Å². The summed E-state index contributed by atoms with van der Waals surface area (Å²) >= 11 is 0. The number of hydrogen-bond acceptors (Lipinski definition) is 6. The van der Waals surface area contributed by atoms with Gasteiger partial charge in [-0.25, -0.2) is 4.79 Å². The van der Waals surface area contributed by atoms with Gasteiger partial charge in [0.15, 0.2) is 0 Å². The molecule has 1 aromatic rings. The molecule has 1 aromatic heterocycles. The fourth-order valence-electron chi connectivity index (χ4n) is 2.10. The lowest BCUT2D eigenvalue weighted by Gasteiger charge is -2.22. The van der Waals surface area contributed by atoms with E-state index in [1.807, 2.05) is 6.92 Å². The minimum atomic E-state index is -1.09. The van der Waals surface area contributed by atoms with E-state index in [4.69, 9.17) is 21.3 Å². The van der Waals surface area contributed by atoms with Crippen molar-refractivity contribution in [2.75, 3.05) is 12.3 Å². The van der Waals surface area contributed by atoms with Crippen molar-refractivity contribution >= 4 is 5.82 Å². The van der Waals surface area contributed by atoms with Gasteiger partial charge < -0.3 is 21.3 Å². The number of nitrogens with two attached hydrogens (primary N) is 2. The highest BCUT2D eigenvalue weighted by molar-refractivity contribution is 5.23. The number of nitrogen functional groups attached to an aromatic ring is 1. The number of hydrogen-bond donors (Lipinski definition) is 3. The van der Waals surface area contributed by atoms with E-state index in [0.29, 0.717) is 6.42 Å². The quantitative estimate of drug-likeness (QED) is 0.612. The predicted octanol–water partition coefficient (Wildman–Crippen LogP) is -0.972. The molecule has 0 aliphatic carbocycles. The van der Waals surface area contributed by atoms with Crippen LogP contribution in [-0.4, -0.2) is 27.0 Å². The second-order valence-corrected chi connectivity index (χ2v) is 4.45. The molecule has 7 heteroatoms. The Labute approximate surface area is 98.0 Å². The van der Waals surface area contributed by atoms with Gasteiger partial charge in [0.2, 0.25) is 0 Å². The van der Waals surface area contributed by atoms with Crippen molar-refractivity contribution in [2.24, 2.45) is 11.7 Å². The monoisotopic (exact) mass is 240 g/mol. The zero-order valence-electron chi connectivity index (χ0n) is 9.54. The fraction of sp³-hybridized carbons (Fsp3) is 0.600. The third-order valence-electron chi connectivity index (χ3n) is 2.90. The van der Waals surface area contributed by atoms with Crippen molar-refractivity contribution in [1.29, 1.82) is 0 Å². The van der Waals surface area contributed by atoms with Crippen LogP contribution in [0.15, 0.2) is 17.1 Å². The van der Waals surface area contributed by atoms with Crippen LogP contribution >= 0.6 is 0 Å². The van der Waals surface area contributed by atoms with Gasteiger partial charge in [-0.1, -0.05) is 6.92 Å². The molecule has 1 aliphatic rings. The van der Waals surface area contributed by atoms with Crippen LogP contribution in [0.5, 0.6) is 0 Å². The summed E-state index contributed by atoms with van der Waals surface area (Å²) < 4.78 is 6.87. The van der Waals surface area contributed by atoms with Gasteiger partial charge in [-0.2, -0.15) is 4.98 Å². The molecule has 0 amide bonds. The van der Waals surface area contributed by atoms with Crippen LogP contribution in [-0.2, 0) is 4.74 Å². The maximum Gasteiger partial charge on any atom is 0.351 e. The Bertz CT molecular complexity index is 475. The molecular weight excluding hydrogens is 224 g/mol. The molecule has 1 aliphatic heterocycles. The van der Waals surface area contributed by atoms with Crippen molar-refractivity contribution in [3.8, 4) is 0 Å². The van der Waals surface area contributed by atoms with Gasteiger partial charge in [-0.05, 0) is 12.5 Å². The van der Waals surface area contributed by atoms with Gasteiger partial charge in [0.05, 0.1) is 6.61 Å². The number of anilines is 1. The lowest BCUT2D eigenvalue weighted by atomic mass is 10.0. The maximum absolute atomic E-state index is 11.7. The third-order valence-corrected chi connectivity index (χ3v) is 2.90. The molecule has 94 valence electrons. The van der Waals surface area contributed by atoms with Gasteiger partial charge in [-0.15, -0.1) is 0 Å². The Morgan fingerprint density at radius 1 is 1.76 bits per heavy atom. The van der Waals surface area contributed by atoms with E-state index < -0.39 is 17.6 Å². The molecule has 0 aromatic carbocycles. The first-order chi connectivity index (χ1) is 7.95. The number of ether oxygens (including phenoxy) is 1. The summed E-state index contributed by atoms with van der Waals surface area (Å²) in [6.07, 6.45) is 1.48. The second-order valence-electron chi connectivity index (χ2n) is 4.45. The molecule has 17 heavy (non-hydrogen) atoms. The van der Waals surface area contributed by atoms with Crippen molar-refractivity contribution in [2.45, 2.75) is 25.3 Å². The lowest BCUT2D eigenvalue weighted by molar-refractivity contribution is -0.0998. The average molecular weight is 240 g/mol. The van der Waals surface area contributed by atoms with E-state index in [-0.39, 0.29) is 18.3 Å². The topological polar surface area (TPSA) is 116 Å². The van der Waals surface area contributed by atoms with Crippen molar-refractivity contribution in [3.05, 3.63) is 22.7 Å². The van der Waals surface area contributed by atoms with E-state index in [1.165, 1.54) is 16.8 Å². The minimum absolute atomic E-state index is 0.00951. The molecule has 7 nitrogen and oxygen atoms in total. The van der Waals surface area contributed by atoms with Crippen LogP contribution in [0.25, 0.3) is 0 Å². The van der Waals surface area contributed by atoms with Crippen molar-refractivity contribution in [1.82, 2.24) is 9.55 Å². The molecule has 0 saturated carbocycles. The van der Waals surface area contributed by atoms with E-state index in [0.717, 1.165) is 0 Å². The first-order valence-electron chi connectivity index (χ1n) is 5.37. The van der Waals surface area contributed by atoms with Crippen LogP contribution in [0, 0.1) is 5.92 Å². The Morgan fingerprint density at radius 3 is 3.00 bits per heavy atom. The zero-order valence-corrected chi connectivity index (χ0v) is 9.54. The summed E-state index contributed by atoms with van der Waals surface area (Å²) in [5, 5.41) is 9.15. The summed E-state index contributed by atoms with van der Waals surface area (Å²) in [5.41, 5.74) is 9.66. The normalized spacial score (nSPS) is 32.9. The number of aromatic nitrogens is 2. The third kappa shape index (κ3) is 2.17. The van der Waals surface area contributed by atoms with Gasteiger partial charge in [0.1, 0.15) is 17.8 Å². The zero-order chi connectivity index (χ0) is 12.6. The molecule has 2 heterocycles. The average Bonchev–Trinajstić information content (AvgIpc) is 2.55. The first kappa shape index (κ1) is 12.0. The van der Waals surface area contributed by atoms with Gasteiger partial charge in [-0.3, -0.25) is 4.57 Å². The Hall–Kier alpha value is -1.44. The largest absolute Gasteiger partial charge is 0.392 e. The van der Waals surface area contributed by atoms with Crippen molar-refractivity contribution < 1.29 is 9.84 Å². The Kier molecular flexibility index (Phi) is 2.90. The van der Waals surface area contributed by atoms with Crippen molar-refractivity contribution in [3.63, 3.8) is 0 Å². The summed E-state index contributed by atoms with van der Waals surface area (Å²) in [6.45, 7) is 1.61. The molecule has 3 atom stereocenters. The second kappa shape index (κ2) is 4.10.